The van der Waals surface area contributed by atoms with Gasteiger partial charge in [0.1, 0.15) is 0 Å². The molecular weight excluding hydrogens is 248 g/mol. The van der Waals surface area contributed by atoms with Gasteiger partial charge in [0, 0.05) is 18.0 Å². The SMILES string of the molecule is CC(CN1CCCC1)NC(=O)Cc1csc(N)n1. The molecule has 1 unspecified atom stereocenters. The topological polar surface area (TPSA) is 71.2 Å². The van der Waals surface area contributed by atoms with E-state index in [-0.39, 0.29) is 11.9 Å². The minimum Gasteiger partial charge on any atom is -0.375 e. The first kappa shape index (κ1) is 13.3. The van der Waals surface area contributed by atoms with Crippen molar-refractivity contribution >= 4 is 22.4 Å². The molecule has 1 atom stereocenters. The zero-order chi connectivity index (χ0) is 13.0. The Morgan fingerprint density at radius 1 is 1.61 bits per heavy atom. The zero-order valence-corrected chi connectivity index (χ0v) is 11.5. The van der Waals surface area contributed by atoms with Crippen LogP contribution in [0.15, 0.2) is 5.38 Å². The summed E-state index contributed by atoms with van der Waals surface area (Å²) in [7, 11) is 0. The quantitative estimate of drug-likeness (QED) is 0.831. The Morgan fingerprint density at radius 2 is 2.33 bits per heavy atom. The van der Waals surface area contributed by atoms with Gasteiger partial charge in [-0.05, 0) is 32.9 Å². The number of nitrogens with two attached hydrogens (primary N) is 1. The van der Waals surface area contributed by atoms with Crippen LogP contribution < -0.4 is 11.1 Å². The summed E-state index contributed by atoms with van der Waals surface area (Å²) in [6.45, 7) is 5.29. The summed E-state index contributed by atoms with van der Waals surface area (Å²) in [6.07, 6.45) is 2.87. The van der Waals surface area contributed by atoms with E-state index in [1.165, 1.54) is 24.2 Å². The highest BCUT2D eigenvalue weighted by Gasteiger charge is 2.16. The van der Waals surface area contributed by atoms with Gasteiger partial charge in [-0.25, -0.2) is 4.98 Å². The predicted octanol–water partition coefficient (Wildman–Crippen LogP) is 0.868. The van der Waals surface area contributed by atoms with Gasteiger partial charge in [0.25, 0.3) is 0 Å². The van der Waals surface area contributed by atoms with Gasteiger partial charge in [0.15, 0.2) is 5.13 Å². The number of carbonyl (C=O) groups excluding carboxylic acids is 1. The molecule has 0 aromatic carbocycles. The predicted molar refractivity (Wildman–Crippen MR) is 73.5 cm³/mol. The molecule has 1 aliphatic heterocycles. The lowest BCUT2D eigenvalue weighted by Gasteiger charge is -2.21. The molecule has 2 rings (SSSR count). The number of anilines is 1. The molecule has 3 N–H and O–H groups in total. The largest absolute Gasteiger partial charge is 0.375 e. The third-order valence-electron chi connectivity index (χ3n) is 3.05. The van der Waals surface area contributed by atoms with E-state index < -0.39 is 0 Å². The fourth-order valence-corrected chi connectivity index (χ4v) is 2.86. The first-order chi connectivity index (χ1) is 8.63. The van der Waals surface area contributed by atoms with Gasteiger partial charge in [-0.2, -0.15) is 0 Å². The highest BCUT2D eigenvalue weighted by molar-refractivity contribution is 7.13. The molecule has 1 saturated heterocycles. The molecule has 18 heavy (non-hydrogen) atoms. The Morgan fingerprint density at radius 3 is 2.94 bits per heavy atom. The molecule has 100 valence electrons. The van der Waals surface area contributed by atoms with Crippen LogP contribution in [0.1, 0.15) is 25.5 Å². The van der Waals surface area contributed by atoms with Gasteiger partial charge < -0.3 is 16.0 Å². The molecular formula is C12H20N4OS. The second-order valence-corrected chi connectivity index (χ2v) is 5.72. The van der Waals surface area contributed by atoms with Gasteiger partial charge in [-0.1, -0.05) is 0 Å². The van der Waals surface area contributed by atoms with Gasteiger partial charge in [0.05, 0.1) is 12.1 Å². The maximum atomic E-state index is 11.8. The van der Waals surface area contributed by atoms with Crippen LogP contribution in [0, 0.1) is 0 Å². The molecule has 6 heteroatoms. The van der Waals surface area contributed by atoms with E-state index in [9.17, 15) is 4.79 Å². The number of amides is 1. The van der Waals surface area contributed by atoms with Crippen molar-refractivity contribution in [3.05, 3.63) is 11.1 Å². The molecule has 0 radical (unpaired) electrons. The molecule has 0 bridgehead atoms. The maximum absolute atomic E-state index is 11.8. The number of likely N-dealkylation sites (tertiary alicyclic amines) is 1. The van der Waals surface area contributed by atoms with Crippen LogP contribution in [0.3, 0.4) is 0 Å². The first-order valence-corrected chi connectivity index (χ1v) is 7.23. The fourth-order valence-electron chi connectivity index (χ4n) is 2.29. The average molecular weight is 268 g/mol. The van der Waals surface area contributed by atoms with Crippen molar-refractivity contribution in [3.8, 4) is 0 Å². The second kappa shape index (κ2) is 6.15. The minimum absolute atomic E-state index is 0.0204. The summed E-state index contributed by atoms with van der Waals surface area (Å²) in [4.78, 5) is 18.3. The van der Waals surface area contributed by atoms with Crippen molar-refractivity contribution in [3.63, 3.8) is 0 Å². The number of hydrogen-bond donors (Lipinski definition) is 2. The highest BCUT2D eigenvalue weighted by atomic mass is 32.1. The normalized spacial score (nSPS) is 17.8. The van der Waals surface area contributed by atoms with E-state index in [0.717, 1.165) is 25.3 Å². The van der Waals surface area contributed by atoms with Crippen molar-refractivity contribution in [2.24, 2.45) is 0 Å². The van der Waals surface area contributed by atoms with E-state index in [4.69, 9.17) is 5.73 Å². The van der Waals surface area contributed by atoms with Crippen molar-refractivity contribution in [2.75, 3.05) is 25.4 Å². The molecule has 0 spiro atoms. The van der Waals surface area contributed by atoms with Crippen LogP contribution in [0.25, 0.3) is 0 Å². The third kappa shape index (κ3) is 3.96. The summed E-state index contributed by atoms with van der Waals surface area (Å²) < 4.78 is 0. The number of hydrogen-bond acceptors (Lipinski definition) is 5. The molecule has 1 aliphatic rings. The monoisotopic (exact) mass is 268 g/mol. The lowest BCUT2D eigenvalue weighted by Crippen LogP contribution is -2.41. The molecule has 5 nitrogen and oxygen atoms in total. The highest BCUT2D eigenvalue weighted by Crippen LogP contribution is 2.11. The maximum Gasteiger partial charge on any atom is 0.226 e. The minimum atomic E-state index is 0.0204. The Labute approximate surface area is 111 Å². The Kier molecular flexibility index (Phi) is 4.54. The molecule has 1 aromatic heterocycles. The summed E-state index contributed by atoms with van der Waals surface area (Å²) in [5.41, 5.74) is 6.29. The van der Waals surface area contributed by atoms with Crippen molar-refractivity contribution in [1.82, 2.24) is 15.2 Å². The van der Waals surface area contributed by atoms with E-state index >= 15 is 0 Å². The number of aromatic nitrogens is 1. The van der Waals surface area contributed by atoms with E-state index in [2.05, 4.69) is 15.2 Å². The van der Waals surface area contributed by atoms with Crippen LogP contribution in [-0.2, 0) is 11.2 Å². The zero-order valence-electron chi connectivity index (χ0n) is 10.7. The van der Waals surface area contributed by atoms with Crippen molar-refractivity contribution in [1.29, 1.82) is 0 Å². The molecule has 0 saturated carbocycles. The fraction of sp³-hybridized carbons (Fsp3) is 0.667. The number of nitrogens with zero attached hydrogens (tertiary/aromatic N) is 2. The average Bonchev–Trinajstić information content (AvgIpc) is 2.90. The van der Waals surface area contributed by atoms with Crippen LogP contribution in [0.2, 0.25) is 0 Å². The number of nitrogens with one attached hydrogen (secondary N) is 1. The number of rotatable bonds is 5. The number of thiazole rings is 1. The number of carbonyl (C=O) groups is 1. The van der Waals surface area contributed by atoms with E-state index in [1.54, 1.807) is 0 Å². The molecule has 1 aromatic rings. The van der Waals surface area contributed by atoms with Crippen molar-refractivity contribution < 1.29 is 4.79 Å². The van der Waals surface area contributed by atoms with Gasteiger partial charge in [0.2, 0.25) is 5.91 Å². The smallest absolute Gasteiger partial charge is 0.226 e. The Hall–Kier alpha value is -1.14. The molecule has 1 fully saturated rings. The Balaban J connectivity index is 1.72. The number of nitrogen functional groups attached to an aromatic ring is 1. The summed E-state index contributed by atoms with van der Waals surface area (Å²) in [6, 6.07) is 0.187. The third-order valence-corrected chi connectivity index (χ3v) is 3.77. The standard InChI is InChI=1S/C12H20N4OS/c1-9(7-16-4-2-3-5-16)14-11(17)6-10-8-18-12(13)15-10/h8-9H,2-7H2,1H3,(H2,13,15)(H,14,17). The summed E-state index contributed by atoms with van der Waals surface area (Å²) >= 11 is 1.37. The van der Waals surface area contributed by atoms with Crippen LogP contribution in [0.4, 0.5) is 5.13 Å². The van der Waals surface area contributed by atoms with Gasteiger partial charge in [-0.3, -0.25) is 4.79 Å². The molecule has 2 heterocycles. The first-order valence-electron chi connectivity index (χ1n) is 6.35. The van der Waals surface area contributed by atoms with Crippen LogP contribution in [-0.4, -0.2) is 41.5 Å². The molecule has 0 aliphatic carbocycles. The van der Waals surface area contributed by atoms with Crippen molar-refractivity contribution in [2.45, 2.75) is 32.2 Å². The van der Waals surface area contributed by atoms with Gasteiger partial charge in [-0.15, -0.1) is 11.3 Å². The summed E-state index contributed by atoms with van der Waals surface area (Å²) in [5.74, 6) is 0.0204. The van der Waals surface area contributed by atoms with Crippen LogP contribution in [0.5, 0.6) is 0 Å². The van der Waals surface area contributed by atoms with Gasteiger partial charge >= 0.3 is 0 Å². The van der Waals surface area contributed by atoms with E-state index in [0.29, 0.717) is 11.6 Å². The lowest BCUT2D eigenvalue weighted by atomic mass is 10.2. The Bertz CT molecular complexity index is 401. The van der Waals surface area contributed by atoms with Crippen LogP contribution >= 0.6 is 11.3 Å². The molecule has 1 amide bonds. The second-order valence-electron chi connectivity index (χ2n) is 4.83. The summed E-state index contributed by atoms with van der Waals surface area (Å²) in [5, 5.41) is 5.36. The lowest BCUT2D eigenvalue weighted by molar-refractivity contribution is -0.121. The van der Waals surface area contributed by atoms with E-state index in [1.807, 2.05) is 12.3 Å².